The molecule has 1 fully saturated rings. The molecule has 0 saturated carbocycles. The molecule has 0 unspecified atom stereocenters. The van der Waals surface area contributed by atoms with Gasteiger partial charge < -0.3 is 4.90 Å². The number of likely N-dealkylation sites (tertiary alicyclic amines) is 1. The molecule has 0 aliphatic carbocycles. The highest BCUT2D eigenvalue weighted by molar-refractivity contribution is 5.95. The number of anilines is 1. The normalized spacial score (nSPS) is 20.7. The van der Waals surface area contributed by atoms with Crippen molar-refractivity contribution in [2.75, 3.05) is 18.1 Å². The first-order valence-electron chi connectivity index (χ1n) is 8.94. The van der Waals surface area contributed by atoms with E-state index in [2.05, 4.69) is 15.3 Å². The summed E-state index contributed by atoms with van der Waals surface area (Å²) in [5, 5.41) is 13.4. The van der Waals surface area contributed by atoms with Gasteiger partial charge >= 0.3 is 0 Å². The Morgan fingerprint density at radius 2 is 2.04 bits per heavy atom. The Bertz CT molecular complexity index is 766. The van der Waals surface area contributed by atoms with Gasteiger partial charge in [0.1, 0.15) is 0 Å². The molecule has 25 heavy (non-hydrogen) atoms. The number of hydrazone groups is 1. The van der Waals surface area contributed by atoms with Gasteiger partial charge in [-0.3, -0.25) is 14.9 Å². The van der Waals surface area contributed by atoms with E-state index in [0.717, 1.165) is 61.3 Å². The average molecular weight is 337 g/mol. The van der Waals surface area contributed by atoms with Crippen LogP contribution in [0.15, 0.2) is 41.8 Å². The zero-order valence-electron chi connectivity index (χ0n) is 14.5. The molecule has 3 heterocycles. The van der Waals surface area contributed by atoms with Crippen molar-refractivity contribution in [3.05, 3.63) is 47.8 Å². The highest BCUT2D eigenvalue weighted by Gasteiger charge is 2.29. The summed E-state index contributed by atoms with van der Waals surface area (Å²) >= 11 is 0. The van der Waals surface area contributed by atoms with Crippen LogP contribution in [0.5, 0.6) is 0 Å². The molecule has 1 aromatic heterocycles. The van der Waals surface area contributed by atoms with Crippen molar-refractivity contribution in [1.29, 1.82) is 0 Å². The molecule has 2 aromatic rings. The van der Waals surface area contributed by atoms with Gasteiger partial charge in [0.05, 0.1) is 17.9 Å². The number of carbonyl (C=O) groups is 1. The first kappa shape index (κ1) is 15.9. The third-order valence-corrected chi connectivity index (χ3v) is 5.06. The summed E-state index contributed by atoms with van der Waals surface area (Å²) in [4.78, 5) is 15.0. The molecule has 1 aromatic carbocycles. The summed E-state index contributed by atoms with van der Waals surface area (Å²) < 4.78 is 0. The lowest BCUT2D eigenvalue weighted by Gasteiger charge is -2.35. The van der Waals surface area contributed by atoms with Gasteiger partial charge in [0, 0.05) is 42.5 Å². The van der Waals surface area contributed by atoms with Crippen LogP contribution in [0, 0.1) is 0 Å². The number of aromatic nitrogens is 2. The third-order valence-electron chi connectivity index (χ3n) is 5.06. The van der Waals surface area contributed by atoms with Crippen molar-refractivity contribution in [2.24, 2.45) is 5.10 Å². The number of H-pyrrole nitrogens is 1. The SMILES string of the molecule is CC1=NN(c2ccc(C(=O)N3CCCC[C@@H]3c3cn[nH]c3)cc2)CC1. The van der Waals surface area contributed by atoms with Crippen LogP contribution >= 0.6 is 0 Å². The van der Waals surface area contributed by atoms with Crippen molar-refractivity contribution >= 4 is 17.3 Å². The molecule has 2 aliphatic rings. The Balaban J connectivity index is 1.53. The van der Waals surface area contributed by atoms with Crippen molar-refractivity contribution in [1.82, 2.24) is 15.1 Å². The maximum Gasteiger partial charge on any atom is 0.254 e. The van der Waals surface area contributed by atoms with E-state index in [4.69, 9.17) is 0 Å². The lowest BCUT2D eigenvalue weighted by molar-refractivity contribution is 0.0611. The molecule has 1 saturated heterocycles. The fourth-order valence-corrected chi connectivity index (χ4v) is 3.67. The number of carbonyl (C=O) groups excluding carboxylic acids is 1. The summed E-state index contributed by atoms with van der Waals surface area (Å²) in [5.41, 5.74) is 4.01. The maximum atomic E-state index is 13.0. The van der Waals surface area contributed by atoms with Gasteiger partial charge in [-0.05, 0) is 50.5 Å². The number of hydrogen-bond acceptors (Lipinski definition) is 4. The molecule has 1 N–H and O–H groups in total. The first-order valence-corrected chi connectivity index (χ1v) is 8.94. The second-order valence-corrected chi connectivity index (χ2v) is 6.80. The molecular weight excluding hydrogens is 314 g/mol. The zero-order chi connectivity index (χ0) is 17.2. The van der Waals surface area contributed by atoms with E-state index in [0.29, 0.717) is 0 Å². The molecule has 1 atom stereocenters. The third kappa shape index (κ3) is 3.16. The second kappa shape index (κ2) is 6.70. The van der Waals surface area contributed by atoms with Crippen molar-refractivity contribution in [3.8, 4) is 0 Å². The molecule has 0 bridgehead atoms. The summed E-state index contributed by atoms with van der Waals surface area (Å²) in [6.45, 7) is 3.75. The summed E-state index contributed by atoms with van der Waals surface area (Å²) in [6.07, 6.45) is 7.91. The van der Waals surface area contributed by atoms with E-state index < -0.39 is 0 Å². The second-order valence-electron chi connectivity index (χ2n) is 6.80. The van der Waals surface area contributed by atoms with Crippen LogP contribution in [-0.4, -0.2) is 39.8 Å². The minimum absolute atomic E-state index is 0.0959. The van der Waals surface area contributed by atoms with Crippen LogP contribution in [0.1, 0.15) is 54.6 Å². The summed E-state index contributed by atoms with van der Waals surface area (Å²) in [6, 6.07) is 7.94. The fraction of sp³-hybridized carbons (Fsp3) is 0.421. The number of amides is 1. The monoisotopic (exact) mass is 337 g/mol. The number of aromatic amines is 1. The molecule has 4 rings (SSSR count). The highest BCUT2D eigenvalue weighted by atomic mass is 16.2. The predicted molar refractivity (Wildman–Crippen MR) is 97.7 cm³/mol. The van der Waals surface area contributed by atoms with Gasteiger partial charge in [-0.25, -0.2) is 0 Å². The molecule has 6 heteroatoms. The lowest BCUT2D eigenvalue weighted by Crippen LogP contribution is -2.38. The topological polar surface area (TPSA) is 64.6 Å². The zero-order valence-corrected chi connectivity index (χ0v) is 14.5. The van der Waals surface area contributed by atoms with E-state index in [1.807, 2.05) is 53.5 Å². The van der Waals surface area contributed by atoms with Crippen molar-refractivity contribution < 1.29 is 4.79 Å². The number of nitrogens with one attached hydrogen (secondary N) is 1. The minimum atomic E-state index is 0.0959. The van der Waals surface area contributed by atoms with Gasteiger partial charge in [-0.15, -0.1) is 0 Å². The van der Waals surface area contributed by atoms with Gasteiger partial charge in [0.2, 0.25) is 0 Å². The van der Waals surface area contributed by atoms with Crippen LogP contribution < -0.4 is 5.01 Å². The van der Waals surface area contributed by atoms with Gasteiger partial charge in [-0.2, -0.15) is 10.2 Å². The van der Waals surface area contributed by atoms with Crippen LogP contribution in [0.25, 0.3) is 0 Å². The number of nitrogens with zero attached hydrogens (tertiary/aromatic N) is 4. The number of benzene rings is 1. The van der Waals surface area contributed by atoms with E-state index >= 15 is 0 Å². The standard InChI is InChI=1S/C19H23N5O/c1-14-9-11-24(22-14)17-7-5-15(6-8-17)19(25)23-10-3-2-4-18(23)16-12-20-21-13-16/h5-8,12-13,18H,2-4,9-11H2,1H3,(H,20,21)/t18-/m1/s1. The van der Waals surface area contributed by atoms with Crippen LogP contribution in [0.3, 0.4) is 0 Å². The highest BCUT2D eigenvalue weighted by Crippen LogP contribution is 2.32. The summed E-state index contributed by atoms with van der Waals surface area (Å²) in [5.74, 6) is 0.0959. The van der Waals surface area contributed by atoms with Crippen LogP contribution in [-0.2, 0) is 0 Å². The van der Waals surface area contributed by atoms with E-state index in [1.165, 1.54) is 0 Å². The quantitative estimate of drug-likeness (QED) is 0.934. The molecular formula is C19H23N5O. The molecule has 0 spiro atoms. The Morgan fingerprint density at radius 3 is 2.72 bits per heavy atom. The Morgan fingerprint density at radius 1 is 1.20 bits per heavy atom. The minimum Gasteiger partial charge on any atom is -0.331 e. The lowest BCUT2D eigenvalue weighted by atomic mass is 9.96. The van der Waals surface area contributed by atoms with Crippen molar-refractivity contribution in [2.45, 2.75) is 38.6 Å². The first-order chi connectivity index (χ1) is 12.2. The smallest absolute Gasteiger partial charge is 0.254 e. The molecule has 0 radical (unpaired) electrons. The summed E-state index contributed by atoms with van der Waals surface area (Å²) in [7, 11) is 0. The molecule has 6 nitrogen and oxygen atoms in total. The van der Waals surface area contributed by atoms with Gasteiger partial charge in [0.25, 0.3) is 5.91 Å². The number of hydrogen-bond donors (Lipinski definition) is 1. The van der Waals surface area contributed by atoms with Crippen LogP contribution in [0.4, 0.5) is 5.69 Å². The number of piperidine rings is 1. The maximum absolute atomic E-state index is 13.0. The van der Waals surface area contributed by atoms with Gasteiger partial charge in [-0.1, -0.05) is 0 Å². The molecule has 2 aliphatic heterocycles. The van der Waals surface area contributed by atoms with E-state index in [9.17, 15) is 4.79 Å². The van der Waals surface area contributed by atoms with E-state index in [-0.39, 0.29) is 11.9 Å². The molecule has 1 amide bonds. The largest absolute Gasteiger partial charge is 0.331 e. The number of rotatable bonds is 3. The Kier molecular flexibility index (Phi) is 4.26. The van der Waals surface area contributed by atoms with Crippen LogP contribution in [0.2, 0.25) is 0 Å². The fourth-order valence-electron chi connectivity index (χ4n) is 3.67. The Hall–Kier alpha value is -2.63. The van der Waals surface area contributed by atoms with E-state index in [1.54, 1.807) is 0 Å². The van der Waals surface area contributed by atoms with Gasteiger partial charge in [0.15, 0.2) is 0 Å². The Labute approximate surface area is 147 Å². The molecule has 130 valence electrons. The predicted octanol–water partition coefficient (Wildman–Crippen LogP) is 3.36. The average Bonchev–Trinajstić information content (AvgIpc) is 3.33. The van der Waals surface area contributed by atoms with Crippen molar-refractivity contribution in [3.63, 3.8) is 0 Å².